The minimum absolute atomic E-state index is 0.0954. The molecule has 0 unspecified atom stereocenters. The van der Waals surface area contributed by atoms with Gasteiger partial charge in [0.05, 0.1) is 24.6 Å². The molecule has 2 aromatic rings. The van der Waals surface area contributed by atoms with Crippen molar-refractivity contribution in [3.63, 3.8) is 0 Å². The number of halogens is 3. The lowest BCUT2D eigenvalue weighted by Gasteiger charge is -2.17. The minimum Gasteiger partial charge on any atom is -0.493 e. The van der Waals surface area contributed by atoms with Gasteiger partial charge in [-0.2, -0.15) is 13.2 Å². The van der Waals surface area contributed by atoms with Gasteiger partial charge >= 0.3 is 6.18 Å². The lowest BCUT2D eigenvalue weighted by molar-refractivity contribution is -0.136. The highest BCUT2D eigenvalue weighted by Crippen LogP contribution is 2.38. The number of aliphatic hydroxyl groups excluding tert-OH is 1. The Kier molecular flexibility index (Phi) is 5.52. The van der Waals surface area contributed by atoms with Gasteiger partial charge in [0, 0.05) is 30.6 Å². The first-order valence-electron chi connectivity index (χ1n) is 8.59. The van der Waals surface area contributed by atoms with Crippen LogP contribution in [-0.4, -0.2) is 27.9 Å². The van der Waals surface area contributed by atoms with Crippen molar-refractivity contribution in [1.29, 1.82) is 0 Å². The number of aryl methyl sites for hydroxylation is 1. The molecule has 0 amide bonds. The molecule has 1 aromatic heterocycles. The number of nitrogens with two attached hydrogens (primary N) is 1. The number of nitrogen functional groups attached to an aromatic ring is 1. The van der Waals surface area contributed by atoms with Crippen molar-refractivity contribution < 1.29 is 23.0 Å². The molecule has 0 aliphatic carbocycles. The number of anilines is 1. The van der Waals surface area contributed by atoms with Gasteiger partial charge in [-0.3, -0.25) is 0 Å². The van der Waals surface area contributed by atoms with Crippen LogP contribution < -0.4 is 15.8 Å². The monoisotopic (exact) mass is 382 g/mol. The van der Waals surface area contributed by atoms with Crippen molar-refractivity contribution in [1.82, 2.24) is 15.3 Å². The highest BCUT2D eigenvalue weighted by Gasteiger charge is 2.27. The second-order valence-electron chi connectivity index (χ2n) is 6.47. The SMILES string of the molecule is Cc1cc(CO)cc(OCCCC(F)(F)F)c1-c1nc(N)nc2c1CNC2. The smallest absolute Gasteiger partial charge is 0.389 e. The molecule has 0 radical (unpaired) electrons. The molecule has 4 N–H and O–H groups in total. The Hall–Kier alpha value is -2.39. The predicted molar refractivity (Wildman–Crippen MR) is 93.9 cm³/mol. The predicted octanol–water partition coefficient (Wildman–Crippen LogP) is 2.85. The molecule has 2 heterocycles. The number of alkyl halides is 3. The van der Waals surface area contributed by atoms with Crippen LogP contribution in [0.3, 0.4) is 0 Å². The fourth-order valence-corrected chi connectivity index (χ4v) is 3.18. The van der Waals surface area contributed by atoms with Crippen LogP contribution in [0, 0.1) is 6.92 Å². The number of fused-ring (bicyclic) bond motifs is 1. The Morgan fingerprint density at radius 2 is 2.04 bits per heavy atom. The summed E-state index contributed by atoms with van der Waals surface area (Å²) in [7, 11) is 0. The Morgan fingerprint density at radius 1 is 1.26 bits per heavy atom. The van der Waals surface area contributed by atoms with E-state index in [-0.39, 0.29) is 25.6 Å². The molecule has 0 bridgehead atoms. The summed E-state index contributed by atoms with van der Waals surface area (Å²) in [4.78, 5) is 8.60. The summed E-state index contributed by atoms with van der Waals surface area (Å²) >= 11 is 0. The van der Waals surface area contributed by atoms with Crippen LogP contribution >= 0.6 is 0 Å². The number of aromatic nitrogens is 2. The number of ether oxygens (including phenoxy) is 1. The number of aliphatic hydroxyl groups is 1. The molecule has 1 aromatic carbocycles. The normalized spacial score (nSPS) is 13.7. The number of nitrogens with zero attached hydrogens (tertiary/aromatic N) is 2. The highest BCUT2D eigenvalue weighted by molar-refractivity contribution is 5.75. The molecular weight excluding hydrogens is 361 g/mol. The van der Waals surface area contributed by atoms with Crippen LogP contribution in [0.1, 0.15) is 35.2 Å². The molecule has 6 nitrogen and oxygen atoms in total. The maximum absolute atomic E-state index is 12.4. The third-order valence-corrected chi connectivity index (χ3v) is 4.34. The Morgan fingerprint density at radius 3 is 2.74 bits per heavy atom. The first-order valence-corrected chi connectivity index (χ1v) is 8.59. The summed E-state index contributed by atoms with van der Waals surface area (Å²) in [6.45, 7) is 2.68. The third kappa shape index (κ3) is 4.48. The highest BCUT2D eigenvalue weighted by atomic mass is 19.4. The number of nitrogens with one attached hydrogen (secondary N) is 1. The van der Waals surface area contributed by atoms with E-state index >= 15 is 0 Å². The van der Waals surface area contributed by atoms with E-state index in [9.17, 15) is 18.3 Å². The van der Waals surface area contributed by atoms with Crippen LogP contribution in [0.2, 0.25) is 0 Å². The van der Waals surface area contributed by atoms with Crippen molar-refractivity contribution in [2.75, 3.05) is 12.3 Å². The van der Waals surface area contributed by atoms with E-state index < -0.39 is 12.6 Å². The van der Waals surface area contributed by atoms with Crippen molar-refractivity contribution in [2.45, 2.75) is 45.6 Å². The summed E-state index contributed by atoms with van der Waals surface area (Å²) in [6, 6.07) is 3.42. The summed E-state index contributed by atoms with van der Waals surface area (Å²) < 4.78 is 42.8. The molecular formula is C18H21F3N4O2. The van der Waals surface area contributed by atoms with Gasteiger partial charge in [0.15, 0.2) is 0 Å². The van der Waals surface area contributed by atoms with E-state index in [4.69, 9.17) is 10.5 Å². The van der Waals surface area contributed by atoms with Gasteiger partial charge in [0.2, 0.25) is 5.95 Å². The van der Waals surface area contributed by atoms with E-state index in [0.29, 0.717) is 35.7 Å². The summed E-state index contributed by atoms with van der Waals surface area (Å²) in [5, 5.41) is 12.7. The van der Waals surface area contributed by atoms with Crippen LogP contribution in [0.15, 0.2) is 12.1 Å². The molecule has 27 heavy (non-hydrogen) atoms. The molecule has 0 fully saturated rings. The molecule has 0 saturated carbocycles. The molecule has 146 valence electrons. The molecule has 0 spiro atoms. The van der Waals surface area contributed by atoms with E-state index in [1.165, 1.54) is 0 Å². The topological polar surface area (TPSA) is 93.3 Å². The van der Waals surface area contributed by atoms with E-state index in [1.54, 1.807) is 12.1 Å². The average molecular weight is 382 g/mol. The molecule has 0 atom stereocenters. The maximum Gasteiger partial charge on any atom is 0.389 e. The molecule has 1 aliphatic rings. The van der Waals surface area contributed by atoms with Gasteiger partial charge in [0.25, 0.3) is 0 Å². The van der Waals surface area contributed by atoms with E-state index in [1.807, 2.05) is 6.92 Å². The largest absolute Gasteiger partial charge is 0.493 e. The van der Waals surface area contributed by atoms with Crippen LogP contribution in [0.4, 0.5) is 19.1 Å². The number of rotatable bonds is 6. The number of hydrogen-bond donors (Lipinski definition) is 3. The summed E-state index contributed by atoms with van der Waals surface area (Å²) in [5.74, 6) is 0.509. The Balaban J connectivity index is 1.98. The van der Waals surface area contributed by atoms with Crippen molar-refractivity contribution in [2.24, 2.45) is 0 Å². The lowest BCUT2D eigenvalue weighted by Crippen LogP contribution is -2.11. The fraction of sp³-hybridized carbons (Fsp3) is 0.444. The van der Waals surface area contributed by atoms with Gasteiger partial charge in [-0.1, -0.05) is 6.07 Å². The van der Waals surface area contributed by atoms with Gasteiger partial charge in [-0.15, -0.1) is 0 Å². The van der Waals surface area contributed by atoms with Crippen LogP contribution in [-0.2, 0) is 19.7 Å². The van der Waals surface area contributed by atoms with E-state index in [2.05, 4.69) is 15.3 Å². The Bertz CT molecular complexity index is 840. The number of benzene rings is 1. The van der Waals surface area contributed by atoms with Crippen LogP contribution in [0.5, 0.6) is 5.75 Å². The standard InChI is InChI=1S/C18H21F3N4O2/c1-10-5-11(9-26)6-14(27-4-2-3-18(19,20)21)15(10)16-12-7-23-8-13(12)24-17(22)25-16/h5-6,23,26H,2-4,7-9H2,1H3,(H2,22,24,25). The first-order chi connectivity index (χ1) is 12.8. The van der Waals surface area contributed by atoms with Crippen molar-refractivity contribution >= 4 is 5.95 Å². The van der Waals surface area contributed by atoms with Gasteiger partial charge in [0.1, 0.15) is 5.75 Å². The summed E-state index contributed by atoms with van der Waals surface area (Å²) in [5.41, 5.74) is 10.2. The van der Waals surface area contributed by atoms with Crippen molar-refractivity contribution in [3.05, 3.63) is 34.5 Å². The second-order valence-corrected chi connectivity index (χ2v) is 6.47. The van der Waals surface area contributed by atoms with E-state index in [0.717, 1.165) is 16.8 Å². The maximum atomic E-state index is 12.4. The summed E-state index contributed by atoms with van der Waals surface area (Å²) in [6.07, 6.45) is -5.29. The lowest BCUT2D eigenvalue weighted by atomic mass is 9.97. The molecule has 9 heteroatoms. The zero-order valence-electron chi connectivity index (χ0n) is 14.9. The molecule has 1 aliphatic heterocycles. The minimum atomic E-state index is -4.22. The molecule has 0 saturated heterocycles. The van der Waals surface area contributed by atoms with Gasteiger partial charge < -0.3 is 20.9 Å². The van der Waals surface area contributed by atoms with Gasteiger partial charge in [-0.05, 0) is 30.5 Å². The zero-order valence-corrected chi connectivity index (χ0v) is 14.9. The quantitative estimate of drug-likeness (QED) is 0.666. The van der Waals surface area contributed by atoms with Crippen molar-refractivity contribution in [3.8, 4) is 17.0 Å². The second kappa shape index (κ2) is 7.69. The fourth-order valence-electron chi connectivity index (χ4n) is 3.18. The number of hydrogen-bond acceptors (Lipinski definition) is 6. The van der Waals surface area contributed by atoms with Gasteiger partial charge in [-0.25, -0.2) is 9.97 Å². The Labute approximate surface area is 154 Å². The zero-order chi connectivity index (χ0) is 19.6. The average Bonchev–Trinajstić information content (AvgIpc) is 3.05. The first kappa shape index (κ1) is 19.4. The third-order valence-electron chi connectivity index (χ3n) is 4.34. The molecule has 3 rings (SSSR count). The van der Waals surface area contributed by atoms with Crippen LogP contribution in [0.25, 0.3) is 11.3 Å².